The molecule has 0 aromatic carbocycles. The Bertz CT molecular complexity index is 223. The maximum atomic E-state index is 10.1. The molecule has 0 radical (unpaired) electrons. The molecule has 0 fully saturated rings. The number of nitrogens with two attached hydrogens (primary N) is 1. The van der Waals surface area contributed by atoms with E-state index in [1.807, 2.05) is 0 Å². The first kappa shape index (κ1) is 10.8. The molecule has 0 rings (SSSR count). The second kappa shape index (κ2) is 4.60. The zero-order valence-electron chi connectivity index (χ0n) is 5.78. The van der Waals surface area contributed by atoms with Crippen molar-refractivity contribution < 1.29 is 13.0 Å². The Morgan fingerprint density at radius 3 is 2.55 bits per heavy atom. The van der Waals surface area contributed by atoms with Crippen LogP contribution in [0.5, 0.6) is 0 Å². The summed E-state index contributed by atoms with van der Waals surface area (Å²) in [5.41, 5.74) is 5.10. The zero-order chi connectivity index (χ0) is 8.91. The van der Waals surface area contributed by atoms with Gasteiger partial charge < -0.3 is 11.1 Å². The van der Waals surface area contributed by atoms with Gasteiger partial charge in [0.2, 0.25) is 0 Å². The molecule has 66 valence electrons. The van der Waals surface area contributed by atoms with Crippen molar-refractivity contribution in [2.24, 2.45) is 5.73 Å². The van der Waals surface area contributed by atoms with Gasteiger partial charge in [-0.05, 0) is 0 Å². The number of rotatable bonds is 5. The van der Waals surface area contributed by atoms with Gasteiger partial charge in [-0.25, -0.2) is 0 Å². The van der Waals surface area contributed by atoms with Crippen molar-refractivity contribution in [3.8, 4) is 0 Å². The van der Waals surface area contributed by atoms with E-state index in [1.165, 1.54) is 0 Å². The summed E-state index contributed by atoms with van der Waals surface area (Å²) in [5, 5.41) is 2.64. The van der Waals surface area contributed by atoms with Gasteiger partial charge in [0, 0.05) is 13.1 Å². The van der Waals surface area contributed by atoms with E-state index < -0.39 is 10.1 Å². The topological polar surface area (TPSA) is 92.4 Å². The van der Waals surface area contributed by atoms with Crippen LogP contribution in [0.2, 0.25) is 0 Å². The second-order valence-corrected chi connectivity index (χ2v) is 4.03. The Morgan fingerprint density at radius 1 is 1.64 bits per heavy atom. The van der Waals surface area contributed by atoms with Crippen molar-refractivity contribution >= 4 is 27.3 Å². The molecule has 0 aliphatic heterocycles. The molecule has 0 spiro atoms. The van der Waals surface area contributed by atoms with E-state index in [1.54, 1.807) is 0 Å². The van der Waals surface area contributed by atoms with Gasteiger partial charge in [0.05, 0.1) is 10.7 Å². The third-order valence-electron chi connectivity index (χ3n) is 0.836. The molecule has 4 N–H and O–H groups in total. The molecule has 11 heavy (non-hydrogen) atoms. The standard InChI is InChI=1S/C4H10N2O3S2/c5-4(10)3-6-1-2-11(7,8)9/h6H,1-3H2,(H2,5,10)(H,7,8,9). The molecule has 0 amide bonds. The van der Waals surface area contributed by atoms with Crippen LogP contribution in [0.1, 0.15) is 0 Å². The summed E-state index contributed by atoms with van der Waals surface area (Å²) in [4.78, 5) is 0.264. The minimum atomic E-state index is -3.87. The smallest absolute Gasteiger partial charge is 0.266 e. The number of hydrogen-bond donors (Lipinski definition) is 3. The van der Waals surface area contributed by atoms with Gasteiger partial charge in [-0.3, -0.25) is 4.55 Å². The van der Waals surface area contributed by atoms with Gasteiger partial charge in [-0.1, -0.05) is 12.2 Å². The number of nitrogens with one attached hydrogen (secondary N) is 1. The van der Waals surface area contributed by atoms with Crippen LogP contribution in [0.25, 0.3) is 0 Å². The van der Waals surface area contributed by atoms with Gasteiger partial charge in [0.15, 0.2) is 0 Å². The van der Waals surface area contributed by atoms with Crippen LogP contribution in [0.15, 0.2) is 0 Å². The first-order valence-electron chi connectivity index (χ1n) is 2.86. The molecule has 0 aromatic heterocycles. The fourth-order valence-corrected chi connectivity index (χ4v) is 0.917. The molecule has 5 nitrogen and oxygen atoms in total. The molecule has 0 saturated heterocycles. The monoisotopic (exact) mass is 198 g/mol. The van der Waals surface area contributed by atoms with Gasteiger partial charge in [-0.2, -0.15) is 8.42 Å². The van der Waals surface area contributed by atoms with Crippen LogP contribution in [0, 0.1) is 0 Å². The molecule has 0 aliphatic carbocycles. The fraction of sp³-hybridized carbons (Fsp3) is 0.750. The van der Waals surface area contributed by atoms with Gasteiger partial charge in [-0.15, -0.1) is 0 Å². The minimum Gasteiger partial charge on any atom is -0.392 e. The highest BCUT2D eigenvalue weighted by Crippen LogP contribution is 1.77. The zero-order valence-corrected chi connectivity index (χ0v) is 7.41. The molecule has 0 saturated carbocycles. The molecule has 0 aliphatic rings. The van der Waals surface area contributed by atoms with Crippen LogP contribution in [-0.2, 0) is 10.1 Å². The Hall–Kier alpha value is -0.240. The van der Waals surface area contributed by atoms with Crippen LogP contribution in [-0.4, -0.2) is 36.8 Å². The Kier molecular flexibility index (Phi) is 4.50. The van der Waals surface area contributed by atoms with Crippen molar-refractivity contribution in [1.29, 1.82) is 0 Å². The van der Waals surface area contributed by atoms with Gasteiger partial charge in [0.1, 0.15) is 0 Å². The lowest BCUT2D eigenvalue weighted by Gasteiger charge is -1.99. The predicted octanol–water partition coefficient (Wildman–Crippen LogP) is -1.25. The van der Waals surface area contributed by atoms with Crippen molar-refractivity contribution in [2.45, 2.75) is 0 Å². The van der Waals surface area contributed by atoms with E-state index in [9.17, 15) is 8.42 Å². The molecule has 0 heterocycles. The van der Waals surface area contributed by atoms with Crippen LogP contribution in [0.3, 0.4) is 0 Å². The second-order valence-electron chi connectivity index (χ2n) is 1.93. The van der Waals surface area contributed by atoms with Crippen LogP contribution in [0.4, 0.5) is 0 Å². The molecule has 0 unspecified atom stereocenters. The van der Waals surface area contributed by atoms with Crippen LogP contribution < -0.4 is 11.1 Å². The average molecular weight is 198 g/mol. The normalized spacial score (nSPS) is 11.4. The molecular weight excluding hydrogens is 188 g/mol. The number of thiocarbonyl (C=S) groups is 1. The van der Waals surface area contributed by atoms with Gasteiger partial charge in [0.25, 0.3) is 10.1 Å². The summed E-state index contributed by atoms with van der Waals surface area (Å²) < 4.78 is 28.5. The quantitative estimate of drug-likeness (QED) is 0.290. The molecule has 0 aromatic rings. The molecule has 0 bridgehead atoms. The summed E-state index contributed by atoms with van der Waals surface area (Å²) in [6.07, 6.45) is 0. The lowest BCUT2D eigenvalue weighted by molar-refractivity contribution is 0.481. The Labute approximate surface area is 70.7 Å². The fourth-order valence-electron chi connectivity index (χ4n) is 0.413. The summed E-state index contributed by atoms with van der Waals surface area (Å²) in [6.45, 7) is 0.432. The van der Waals surface area contributed by atoms with E-state index in [0.717, 1.165) is 0 Å². The van der Waals surface area contributed by atoms with Crippen LogP contribution >= 0.6 is 12.2 Å². The highest BCUT2D eigenvalue weighted by atomic mass is 32.2. The van der Waals surface area contributed by atoms with E-state index in [2.05, 4.69) is 17.5 Å². The first-order chi connectivity index (χ1) is 4.92. The summed E-state index contributed by atoms with van der Waals surface area (Å²) in [7, 11) is -3.87. The van der Waals surface area contributed by atoms with E-state index in [0.29, 0.717) is 0 Å². The molecule has 7 heteroatoms. The first-order valence-corrected chi connectivity index (χ1v) is 4.88. The summed E-state index contributed by atoms with van der Waals surface area (Å²) >= 11 is 4.51. The third kappa shape index (κ3) is 9.76. The number of hydrogen-bond acceptors (Lipinski definition) is 4. The van der Waals surface area contributed by atoms with E-state index in [-0.39, 0.29) is 23.8 Å². The lowest BCUT2D eigenvalue weighted by atomic mass is 10.6. The van der Waals surface area contributed by atoms with E-state index in [4.69, 9.17) is 10.3 Å². The average Bonchev–Trinajstić information content (AvgIpc) is 1.78. The highest BCUT2D eigenvalue weighted by Gasteiger charge is 2.02. The Balaban J connectivity index is 3.37. The predicted molar refractivity (Wildman–Crippen MR) is 46.1 cm³/mol. The van der Waals surface area contributed by atoms with Crippen molar-refractivity contribution in [3.05, 3.63) is 0 Å². The van der Waals surface area contributed by atoms with E-state index >= 15 is 0 Å². The Morgan fingerprint density at radius 2 is 2.18 bits per heavy atom. The summed E-state index contributed by atoms with van der Waals surface area (Å²) in [5.74, 6) is -0.324. The maximum absolute atomic E-state index is 10.1. The summed E-state index contributed by atoms with van der Waals surface area (Å²) in [6, 6.07) is 0. The SMILES string of the molecule is NC(=S)CNCCS(=O)(=O)O. The van der Waals surface area contributed by atoms with Crippen molar-refractivity contribution in [2.75, 3.05) is 18.8 Å². The molecular formula is C4H10N2O3S2. The largest absolute Gasteiger partial charge is 0.392 e. The lowest BCUT2D eigenvalue weighted by Crippen LogP contribution is -2.30. The van der Waals surface area contributed by atoms with Gasteiger partial charge >= 0.3 is 0 Å². The third-order valence-corrected chi connectivity index (χ3v) is 1.70. The maximum Gasteiger partial charge on any atom is 0.266 e. The van der Waals surface area contributed by atoms with Crippen molar-refractivity contribution in [3.63, 3.8) is 0 Å². The minimum absolute atomic E-state index is 0.149. The van der Waals surface area contributed by atoms with Crippen molar-refractivity contribution in [1.82, 2.24) is 5.32 Å². The molecule has 0 atom stereocenters. The highest BCUT2D eigenvalue weighted by molar-refractivity contribution is 7.85.